The molecule has 1 radical (unpaired) electrons. The first kappa shape index (κ1) is 15.2. The van der Waals surface area contributed by atoms with Crippen molar-refractivity contribution in [3.8, 4) is 0 Å². The Bertz CT molecular complexity index is 474. The van der Waals surface area contributed by atoms with Crippen LogP contribution in [0.4, 0.5) is 26.3 Å². The van der Waals surface area contributed by atoms with E-state index >= 15 is 0 Å². The van der Waals surface area contributed by atoms with Crippen molar-refractivity contribution in [2.45, 2.75) is 18.8 Å². The number of allylic oxidation sites excluding steroid dienone is 6. The van der Waals surface area contributed by atoms with Crippen LogP contribution in [0, 0.1) is 0 Å². The van der Waals surface area contributed by atoms with E-state index < -0.39 is 41.3 Å². The van der Waals surface area contributed by atoms with Crippen LogP contribution in [-0.4, -0.2) is 24.4 Å². The van der Waals surface area contributed by atoms with Crippen LogP contribution in [0.5, 0.6) is 0 Å². The van der Waals surface area contributed by atoms with Gasteiger partial charge in [-0.25, -0.2) is 0 Å². The highest BCUT2D eigenvalue weighted by atomic mass is 19.4. The number of Topliss-reactive ketones (excluding diaryl/α,β-unsaturated/α-hetero) is 1. The molecule has 0 atom stereocenters. The van der Waals surface area contributed by atoms with Crippen molar-refractivity contribution in [3.05, 3.63) is 34.9 Å². The molecule has 0 saturated carbocycles. The summed E-state index contributed by atoms with van der Waals surface area (Å²) in [5.74, 6) is -1.55. The second kappa shape index (κ2) is 5.02. The Labute approximate surface area is 103 Å². The smallest absolute Gasteiger partial charge is 0.285 e. The van der Waals surface area contributed by atoms with E-state index in [2.05, 4.69) is 0 Å². The maximum Gasteiger partial charge on any atom is 0.421 e. The van der Waals surface area contributed by atoms with Crippen LogP contribution in [0.15, 0.2) is 34.9 Å². The molecule has 1 aliphatic rings. The molecule has 103 valence electrons. The van der Waals surface area contributed by atoms with Crippen molar-refractivity contribution in [2.24, 2.45) is 0 Å². The third-order valence-corrected chi connectivity index (χ3v) is 2.25. The number of rotatable bonds is 2. The van der Waals surface area contributed by atoms with Crippen molar-refractivity contribution in [1.29, 1.82) is 0 Å². The Morgan fingerprint density at radius 3 is 2.05 bits per heavy atom. The minimum Gasteiger partial charge on any atom is -0.285 e. The van der Waals surface area contributed by atoms with Gasteiger partial charge < -0.3 is 0 Å². The molecule has 0 aliphatic heterocycles. The molecule has 0 spiro atoms. The number of alkyl halides is 6. The molecule has 0 aromatic carbocycles. The first-order chi connectivity index (χ1) is 8.59. The Morgan fingerprint density at radius 1 is 1.11 bits per heavy atom. The van der Waals surface area contributed by atoms with Gasteiger partial charge in [0.15, 0.2) is 0 Å². The topological polar surface area (TPSA) is 34.1 Å². The van der Waals surface area contributed by atoms with Crippen molar-refractivity contribution < 1.29 is 35.9 Å². The van der Waals surface area contributed by atoms with Gasteiger partial charge in [0.25, 0.3) is 6.29 Å². The van der Waals surface area contributed by atoms with Gasteiger partial charge in [0.1, 0.15) is 5.57 Å². The summed E-state index contributed by atoms with van der Waals surface area (Å²) in [6.45, 7) is 0. The maximum atomic E-state index is 12.5. The molecule has 19 heavy (non-hydrogen) atoms. The lowest BCUT2D eigenvalue weighted by atomic mass is 9.90. The molecule has 0 saturated heterocycles. The molecule has 0 fully saturated rings. The second-order valence-electron chi connectivity index (χ2n) is 3.49. The lowest BCUT2D eigenvalue weighted by molar-refractivity contribution is -0.173. The fourth-order valence-corrected chi connectivity index (χ4v) is 1.57. The quantitative estimate of drug-likeness (QED) is 0.576. The predicted molar refractivity (Wildman–Crippen MR) is 51.7 cm³/mol. The molecule has 1 aliphatic carbocycles. The third-order valence-electron chi connectivity index (χ3n) is 2.25. The maximum absolute atomic E-state index is 12.5. The molecule has 8 heteroatoms. The molecule has 0 unspecified atom stereocenters. The number of carbonyl (C=O) groups is 1. The molecule has 0 amide bonds. The van der Waals surface area contributed by atoms with E-state index in [9.17, 15) is 35.9 Å². The summed E-state index contributed by atoms with van der Waals surface area (Å²) in [6, 6.07) is 0. The number of ketones is 1. The highest BCUT2D eigenvalue weighted by molar-refractivity contribution is 6.35. The SMILES string of the molecule is O=[C]C(=O)C1=CC=CCC1=C(C(F)(F)F)C(F)(F)F. The summed E-state index contributed by atoms with van der Waals surface area (Å²) in [5.41, 5.74) is -4.99. The average Bonchev–Trinajstić information content (AvgIpc) is 2.25. The predicted octanol–water partition coefficient (Wildman–Crippen LogP) is 2.97. The molecule has 0 N–H and O–H groups in total. The van der Waals surface area contributed by atoms with Gasteiger partial charge in [-0.15, -0.1) is 0 Å². The van der Waals surface area contributed by atoms with Crippen LogP contribution < -0.4 is 0 Å². The first-order valence-electron chi connectivity index (χ1n) is 4.76. The average molecular weight is 283 g/mol. The van der Waals surface area contributed by atoms with Gasteiger partial charge in [-0.05, 0) is 12.0 Å². The summed E-state index contributed by atoms with van der Waals surface area (Å²) in [7, 11) is 0. The van der Waals surface area contributed by atoms with E-state index in [1.807, 2.05) is 0 Å². The Kier molecular flexibility index (Phi) is 4.02. The lowest BCUT2D eigenvalue weighted by Crippen LogP contribution is -2.29. The van der Waals surface area contributed by atoms with Crippen molar-refractivity contribution in [3.63, 3.8) is 0 Å². The number of hydrogen-bond acceptors (Lipinski definition) is 2. The van der Waals surface area contributed by atoms with E-state index in [0.29, 0.717) is 0 Å². The van der Waals surface area contributed by atoms with Crippen LogP contribution in [0.3, 0.4) is 0 Å². The van der Waals surface area contributed by atoms with Gasteiger partial charge in [0.05, 0.1) is 0 Å². The molecule has 2 nitrogen and oxygen atoms in total. The van der Waals surface area contributed by atoms with Gasteiger partial charge in [0, 0.05) is 5.57 Å². The molecule has 0 aromatic rings. The fourth-order valence-electron chi connectivity index (χ4n) is 1.57. The van der Waals surface area contributed by atoms with E-state index in [4.69, 9.17) is 0 Å². The van der Waals surface area contributed by atoms with Gasteiger partial charge in [-0.2, -0.15) is 26.3 Å². The van der Waals surface area contributed by atoms with Crippen LogP contribution in [0.1, 0.15) is 6.42 Å². The Balaban J connectivity index is 3.54. The fraction of sp³-hybridized carbons (Fsp3) is 0.273. The molecule has 0 bridgehead atoms. The number of hydrogen-bond donors (Lipinski definition) is 0. The highest BCUT2D eigenvalue weighted by Crippen LogP contribution is 2.43. The monoisotopic (exact) mass is 283 g/mol. The summed E-state index contributed by atoms with van der Waals surface area (Å²) in [5, 5.41) is 0. The zero-order valence-electron chi connectivity index (χ0n) is 9.02. The standard InChI is InChI=1S/C11H5F6O2/c12-10(13,14)9(11(15,16)17)7-4-2-1-3-6(7)8(19)5-18/h1-3H,4H2. The number of halogens is 6. The zero-order chi connectivity index (χ0) is 14.8. The van der Waals surface area contributed by atoms with Crippen molar-refractivity contribution in [2.75, 3.05) is 0 Å². The van der Waals surface area contributed by atoms with E-state index in [1.54, 1.807) is 0 Å². The third kappa shape index (κ3) is 3.33. The lowest BCUT2D eigenvalue weighted by Gasteiger charge is -2.21. The van der Waals surface area contributed by atoms with E-state index in [-0.39, 0.29) is 0 Å². The first-order valence-corrected chi connectivity index (χ1v) is 4.76. The Morgan fingerprint density at radius 2 is 1.63 bits per heavy atom. The summed E-state index contributed by atoms with van der Waals surface area (Å²) in [6.07, 6.45) is -8.50. The summed E-state index contributed by atoms with van der Waals surface area (Å²) < 4.78 is 75.0. The van der Waals surface area contributed by atoms with Crippen molar-refractivity contribution >= 4 is 12.1 Å². The van der Waals surface area contributed by atoms with Gasteiger partial charge in [-0.3, -0.25) is 9.59 Å². The van der Waals surface area contributed by atoms with Gasteiger partial charge in [0.2, 0.25) is 5.78 Å². The largest absolute Gasteiger partial charge is 0.421 e. The normalized spacial score (nSPS) is 16.1. The summed E-state index contributed by atoms with van der Waals surface area (Å²) >= 11 is 0. The van der Waals surface area contributed by atoms with Gasteiger partial charge in [-0.1, -0.05) is 18.2 Å². The highest BCUT2D eigenvalue weighted by Gasteiger charge is 2.53. The minimum atomic E-state index is -5.68. The van der Waals surface area contributed by atoms with E-state index in [0.717, 1.165) is 24.5 Å². The van der Waals surface area contributed by atoms with E-state index in [1.165, 1.54) is 0 Å². The number of carbonyl (C=O) groups excluding carboxylic acids is 2. The molecular weight excluding hydrogens is 278 g/mol. The Hall–Kier alpha value is -1.86. The zero-order valence-corrected chi connectivity index (χ0v) is 9.02. The molecule has 0 heterocycles. The van der Waals surface area contributed by atoms with Crippen molar-refractivity contribution in [1.82, 2.24) is 0 Å². The van der Waals surface area contributed by atoms with Crippen LogP contribution in [0.2, 0.25) is 0 Å². The minimum absolute atomic E-state index is 0.726. The second-order valence-corrected chi connectivity index (χ2v) is 3.49. The van der Waals surface area contributed by atoms with Crippen LogP contribution in [0.25, 0.3) is 0 Å². The van der Waals surface area contributed by atoms with Crippen LogP contribution in [-0.2, 0) is 9.59 Å². The van der Waals surface area contributed by atoms with Gasteiger partial charge >= 0.3 is 12.4 Å². The molecular formula is C11H5F6O2. The summed E-state index contributed by atoms with van der Waals surface area (Å²) in [4.78, 5) is 21.2. The molecule has 1 rings (SSSR count). The van der Waals surface area contributed by atoms with Crippen LogP contribution >= 0.6 is 0 Å². The molecule has 0 aromatic heterocycles.